The van der Waals surface area contributed by atoms with Gasteiger partial charge in [-0.15, -0.1) is 0 Å². The fraction of sp³-hybridized carbons (Fsp3) is 0.214. The van der Waals surface area contributed by atoms with Crippen LogP contribution in [0.1, 0.15) is 17.1 Å². The number of pyridine rings is 1. The summed E-state index contributed by atoms with van der Waals surface area (Å²) in [5, 5.41) is 3.44. The van der Waals surface area contributed by atoms with Crippen molar-refractivity contribution < 1.29 is 13.2 Å². The van der Waals surface area contributed by atoms with Crippen molar-refractivity contribution in [1.82, 2.24) is 19.9 Å². The highest BCUT2D eigenvalue weighted by atomic mass is 19.4. The topological polar surface area (TPSA) is 66.5 Å². The zero-order valence-electron chi connectivity index (χ0n) is 11.6. The molecule has 2 N–H and O–H groups in total. The number of hydrogen-bond acceptors (Lipinski definition) is 4. The van der Waals surface area contributed by atoms with Crippen LogP contribution >= 0.6 is 0 Å². The predicted molar refractivity (Wildman–Crippen MR) is 75.2 cm³/mol. The lowest BCUT2D eigenvalue weighted by Gasteiger charge is -2.10. The average molecular weight is 307 g/mol. The van der Waals surface area contributed by atoms with Crippen LogP contribution in [-0.4, -0.2) is 19.9 Å². The molecular formula is C14H12F3N5. The van der Waals surface area contributed by atoms with Crippen LogP contribution in [0.2, 0.25) is 0 Å². The normalized spacial score (nSPS) is 11.8. The summed E-state index contributed by atoms with van der Waals surface area (Å²) in [5.74, 6) is -1.03. The Balaban J connectivity index is 1.99. The molecule has 3 aromatic heterocycles. The highest BCUT2D eigenvalue weighted by molar-refractivity contribution is 5.87. The van der Waals surface area contributed by atoms with Crippen LogP contribution in [0, 0.1) is 6.92 Å². The number of aromatic amines is 1. The molecule has 22 heavy (non-hydrogen) atoms. The number of nitrogens with one attached hydrogen (secondary N) is 2. The molecule has 0 unspecified atom stereocenters. The SMILES string of the molecule is Cc1cc2c(NCc3cccnc3)nc(C(F)(F)F)nc2[nH]1. The molecule has 0 saturated carbocycles. The van der Waals surface area contributed by atoms with Crippen molar-refractivity contribution in [2.75, 3.05) is 5.32 Å². The molecule has 0 fully saturated rings. The van der Waals surface area contributed by atoms with Crippen LogP contribution in [0.15, 0.2) is 30.6 Å². The average Bonchev–Trinajstić information content (AvgIpc) is 2.85. The fourth-order valence-corrected chi connectivity index (χ4v) is 2.09. The van der Waals surface area contributed by atoms with Gasteiger partial charge in [0.25, 0.3) is 0 Å². The predicted octanol–water partition coefficient (Wildman–Crippen LogP) is 3.29. The summed E-state index contributed by atoms with van der Waals surface area (Å²) in [4.78, 5) is 13.9. The van der Waals surface area contributed by atoms with Gasteiger partial charge in [0.05, 0.1) is 5.39 Å². The number of aromatic nitrogens is 4. The lowest BCUT2D eigenvalue weighted by Crippen LogP contribution is -2.13. The summed E-state index contributed by atoms with van der Waals surface area (Å²) >= 11 is 0. The molecule has 0 aliphatic carbocycles. The first-order valence-corrected chi connectivity index (χ1v) is 6.51. The Morgan fingerprint density at radius 1 is 1.27 bits per heavy atom. The first-order valence-electron chi connectivity index (χ1n) is 6.51. The van der Waals surface area contributed by atoms with E-state index in [1.54, 1.807) is 31.5 Å². The molecule has 0 aliphatic heterocycles. The molecule has 3 aromatic rings. The number of aryl methyl sites for hydroxylation is 1. The lowest BCUT2D eigenvalue weighted by atomic mass is 10.2. The highest BCUT2D eigenvalue weighted by Crippen LogP contribution is 2.30. The van der Waals surface area contributed by atoms with Crippen molar-refractivity contribution in [3.8, 4) is 0 Å². The zero-order valence-corrected chi connectivity index (χ0v) is 11.6. The Morgan fingerprint density at radius 3 is 2.77 bits per heavy atom. The Kier molecular flexibility index (Phi) is 3.44. The van der Waals surface area contributed by atoms with Crippen LogP contribution in [0.3, 0.4) is 0 Å². The minimum Gasteiger partial charge on any atom is -0.365 e. The summed E-state index contributed by atoms with van der Waals surface area (Å²) < 4.78 is 38.7. The van der Waals surface area contributed by atoms with E-state index < -0.39 is 12.0 Å². The number of hydrogen-bond donors (Lipinski definition) is 2. The number of fused-ring (bicyclic) bond motifs is 1. The summed E-state index contributed by atoms with van der Waals surface area (Å²) in [6.07, 6.45) is -1.33. The van der Waals surface area contributed by atoms with E-state index in [-0.39, 0.29) is 11.5 Å². The van der Waals surface area contributed by atoms with Crippen molar-refractivity contribution >= 4 is 16.9 Å². The molecule has 0 aromatic carbocycles. The number of nitrogens with zero attached hydrogens (tertiary/aromatic N) is 3. The maximum atomic E-state index is 12.9. The minimum absolute atomic E-state index is 0.144. The van der Waals surface area contributed by atoms with Gasteiger partial charge >= 0.3 is 6.18 Å². The first-order chi connectivity index (χ1) is 10.4. The van der Waals surface area contributed by atoms with E-state index in [2.05, 4.69) is 25.3 Å². The van der Waals surface area contributed by atoms with E-state index in [4.69, 9.17) is 0 Å². The van der Waals surface area contributed by atoms with Crippen LogP contribution in [0.5, 0.6) is 0 Å². The van der Waals surface area contributed by atoms with Gasteiger partial charge in [-0.2, -0.15) is 13.2 Å². The molecule has 8 heteroatoms. The van der Waals surface area contributed by atoms with Crippen LogP contribution in [0.4, 0.5) is 19.0 Å². The van der Waals surface area contributed by atoms with E-state index in [1.165, 1.54) is 0 Å². The van der Waals surface area contributed by atoms with Crippen molar-refractivity contribution in [3.05, 3.63) is 47.7 Å². The zero-order chi connectivity index (χ0) is 15.7. The second-order valence-electron chi connectivity index (χ2n) is 4.82. The standard InChI is InChI=1S/C14H12F3N5/c1-8-5-10-11(19-7-9-3-2-4-18-6-9)21-13(14(15,16)17)22-12(10)20-8/h2-6H,7H2,1H3,(H2,19,20,21,22). The van der Waals surface area contributed by atoms with Gasteiger partial charge in [0, 0.05) is 24.6 Å². The van der Waals surface area contributed by atoms with Crippen molar-refractivity contribution in [1.29, 1.82) is 0 Å². The second kappa shape index (κ2) is 5.28. The van der Waals surface area contributed by atoms with Crippen molar-refractivity contribution in [3.63, 3.8) is 0 Å². The number of rotatable bonds is 3. The van der Waals surface area contributed by atoms with Gasteiger partial charge in [0.2, 0.25) is 5.82 Å². The van der Waals surface area contributed by atoms with Gasteiger partial charge in [-0.3, -0.25) is 4.98 Å². The molecule has 3 rings (SSSR count). The van der Waals surface area contributed by atoms with Gasteiger partial charge in [-0.05, 0) is 24.6 Å². The molecular weight excluding hydrogens is 295 g/mol. The largest absolute Gasteiger partial charge is 0.451 e. The molecule has 0 radical (unpaired) electrons. The molecule has 0 saturated heterocycles. The number of H-pyrrole nitrogens is 1. The summed E-state index contributed by atoms with van der Waals surface area (Å²) in [7, 11) is 0. The van der Waals surface area contributed by atoms with Crippen LogP contribution < -0.4 is 5.32 Å². The third-order valence-electron chi connectivity index (χ3n) is 3.06. The molecule has 3 heterocycles. The van der Waals surface area contributed by atoms with E-state index in [0.717, 1.165) is 5.56 Å². The van der Waals surface area contributed by atoms with Crippen LogP contribution in [0.25, 0.3) is 11.0 Å². The smallest absolute Gasteiger partial charge is 0.365 e. The second-order valence-corrected chi connectivity index (χ2v) is 4.82. The molecule has 0 amide bonds. The summed E-state index contributed by atoms with van der Waals surface area (Å²) in [6, 6.07) is 5.29. The molecule has 5 nitrogen and oxygen atoms in total. The Morgan fingerprint density at radius 2 is 2.09 bits per heavy atom. The van der Waals surface area contributed by atoms with Crippen LogP contribution in [-0.2, 0) is 12.7 Å². The molecule has 0 atom stereocenters. The molecule has 114 valence electrons. The molecule has 0 aliphatic rings. The number of halogens is 3. The highest BCUT2D eigenvalue weighted by Gasteiger charge is 2.35. The van der Waals surface area contributed by atoms with E-state index in [0.29, 0.717) is 17.6 Å². The van der Waals surface area contributed by atoms with Gasteiger partial charge in [-0.1, -0.05) is 6.07 Å². The van der Waals surface area contributed by atoms with E-state index >= 15 is 0 Å². The Hall–Kier alpha value is -2.64. The third-order valence-corrected chi connectivity index (χ3v) is 3.06. The van der Waals surface area contributed by atoms with E-state index in [1.807, 2.05) is 6.07 Å². The molecule has 0 bridgehead atoms. The van der Waals surface area contributed by atoms with Gasteiger partial charge in [-0.25, -0.2) is 9.97 Å². The monoisotopic (exact) mass is 307 g/mol. The Labute approximate surface area is 123 Å². The number of alkyl halides is 3. The van der Waals surface area contributed by atoms with Crippen molar-refractivity contribution in [2.45, 2.75) is 19.6 Å². The summed E-state index contributed by atoms with van der Waals surface area (Å²) in [5.41, 5.74) is 1.72. The Bertz CT molecular complexity index is 795. The quantitative estimate of drug-likeness (QED) is 0.779. The first kappa shape index (κ1) is 14.3. The van der Waals surface area contributed by atoms with Gasteiger partial charge in [0.15, 0.2) is 0 Å². The van der Waals surface area contributed by atoms with Crippen molar-refractivity contribution in [2.24, 2.45) is 0 Å². The van der Waals surface area contributed by atoms with Gasteiger partial charge < -0.3 is 10.3 Å². The molecule has 0 spiro atoms. The van der Waals surface area contributed by atoms with E-state index in [9.17, 15) is 13.2 Å². The third kappa shape index (κ3) is 2.85. The maximum absolute atomic E-state index is 12.9. The summed E-state index contributed by atoms with van der Waals surface area (Å²) in [6.45, 7) is 2.07. The fourth-order valence-electron chi connectivity index (χ4n) is 2.09. The minimum atomic E-state index is -4.60. The van der Waals surface area contributed by atoms with Gasteiger partial charge in [0.1, 0.15) is 11.5 Å². The number of anilines is 1. The maximum Gasteiger partial charge on any atom is 0.451 e. The lowest BCUT2D eigenvalue weighted by molar-refractivity contribution is -0.144.